The van der Waals surface area contributed by atoms with Gasteiger partial charge in [0.05, 0.1) is 22.6 Å². The predicted octanol–water partition coefficient (Wildman–Crippen LogP) is 6.43. The standard InChI is InChI=1S/C36H39BrN4O7S/c1-4-5-20-38-36(43)34(22-27-10-7-6-8-11-27)39(24-28-12-9-13-29(37)21-28)35(42)25-40(30-15-17-31(48-3)18-16-30)49(46,47)32-19-14-26(2)33(23-32)41(44)45/h6-19,21,23,34H,4-5,20,22,24-25H2,1-3H3,(H,38,43)/t34-/m0/s1. The molecule has 49 heavy (non-hydrogen) atoms. The van der Waals surface area contributed by atoms with Crippen LogP contribution in [0.25, 0.3) is 0 Å². The Hall–Kier alpha value is -4.75. The Morgan fingerprint density at radius 1 is 0.959 bits per heavy atom. The zero-order valence-corrected chi connectivity index (χ0v) is 29.9. The summed E-state index contributed by atoms with van der Waals surface area (Å²) in [6.45, 7) is 3.24. The lowest BCUT2D eigenvalue weighted by atomic mass is 10.0. The predicted molar refractivity (Wildman–Crippen MR) is 192 cm³/mol. The minimum Gasteiger partial charge on any atom is -0.497 e. The lowest BCUT2D eigenvalue weighted by molar-refractivity contribution is -0.385. The van der Waals surface area contributed by atoms with Gasteiger partial charge in [-0.3, -0.25) is 24.0 Å². The number of amides is 2. The van der Waals surface area contributed by atoms with Crippen molar-refractivity contribution < 1.29 is 27.7 Å². The summed E-state index contributed by atoms with van der Waals surface area (Å²) < 4.78 is 35.6. The molecule has 0 aliphatic heterocycles. The normalized spacial score (nSPS) is 11.8. The number of aryl methyl sites for hydroxylation is 1. The van der Waals surface area contributed by atoms with Crippen molar-refractivity contribution in [2.45, 2.75) is 50.6 Å². The molecule has 258 valence electrons. The second kappa shape index (κ2) is 17.1. The van der Waals surface area contributed by atoms with Gasteiger partial charge in [0, 0.05) is 35.6 Å². The number of nitrogens with zero attached hydrogens (tertiary/aromatic N) is 3. The largest absolute Gasteiger partial charge is 0.497 e. The Labute approximate surface area is 295 Å². The zero-order chi connectivity index (χ0) is 35.6. The van der Waals surface area contributed by atoms with Gasteiger partial charge in [-0.05, 0) is 66.9 Å². The van der Waals surface area contributed by atoms with Crippen molar-refractivity contribution in [3.05, 3.63) is 128 Å². The third kappa shape index (κ3) is 9.67. The fourth-order valence-corrected chi connectivity index (χ4v) is 7.12. The average molecular weight is 752 g/mol. The van der Waals surface area contributed by atoms with E-state index in [0.29, 0.717) is 12.3 Å². The molecular weight excluding hydrogens is 712 g/mol. The molecular formula is C36H39BrN4O7S. The molecule has 0 saturated carbocycles. The Balaban J connectivity index is 1.83. The molecule has 0 unspecified atom stereocenters. The lowest BCUT2D eigenvalue weighted by Gasteiger charge is -2.34. The number of methoxy groups -OCH3 is 1. The molecule has 1 N–H and O–H groups in total. The number of ether oxygens (including phenoxy) is 1. The Morgan fingerprint density at radius 3 is 2.29 bits per heavy atom. The van der Waals surface area contributed by atoms with Crippen molar-refractivity contribution in [3.8, 4) is 5.75 Å². The van der Waals surface area contributed by atoms with Gasteiger partial charge in [0.1, 0.15) is 18.3 Å². The van der Waals surface area contributed by atoms with Gasteiger partial charge in [-0.25, -0.2) is 8.42 Å². The number of carbonyl (C=O) groups excluding carboxylic acids is 2. The van der Waals surface area contributed by atoms with E-state index in [2.05, 4.69) is 21.2 Å². The quantitative estimate of drug-likeness (QED) is 0.0792. The van der Waals surface area contributed by atoms with Gasteiger partial charge in [-0.1, -0.05) is 77.8 Å². The Morgan fingerprint density at radius 2 is 1.65 bits per heavy atom. The topological polar surface area (TPSA) is 139 Å². The molecule has 2 amide bonds. The van der Waals surface area contributed by atoms with E-state index in [0.717, 1.165) is 38.8 Å². The second-order valence-corrected chi connectivity index (χ2v) is 14.2. The first kappa shape index (κ1) is 37.1. The first-order valence-corrected chi connectivity index (χ1v) is 17.9. The molecule has 0 radical (unpaired) electrons. The van der Waals surface area contributed by atoms with E-state index in [1.165, 1.54) is 43.2 Å². The highest BCUT2D eigenvalue weighted by atomic mass is 79.9. The van der Waals surface area contributed by atoms with Crippen LogP contribution in [0.1, 0.15) is 36.5 Å². The van der Waals surface area contributed by atoms with E-state index in [1.54, 1.807) is 12.1 Å². The number of carbonyl (C=O) groups is 2. The summed E-state index contributed by atoms with van der Waals surface area (Å²) in [5, 5.41) is 14.7. The van der Waals surface area contributed by atoms with Crippen LogP contribution >= 0.6 is 15.9 Å². The smallest absolute Gasteiger partial charge is 0.273 e. The van der Waals surface area contributed by atoms with Crippen LogP contribution in [0.5, 0.6) is 5.75 Å². The summed E-state index contributed by atoms with van der Waals surface area (Å²) >= 11 is 3.48. The van der Waals surface area contributed by atoms with Crippen LogP contribution < -0.4 is 14.4 Å². The highest BCUT2D eigenvalue weighted by Crippen LogP contribution is 2.30. The lowest BCUT2D eigenvalue weighted by Crippen LogP contribution is -2.53. The van der Waals surface area contributed by atoms with Gasteiger partial charge >= 0.3 is 0 Å². The van der Waals surface area contributed by atoms with Crippen molar-refractivity contribution in [1.82, 2.24) is 10.2 Å². The van der Waals surface area contributed by atoms with Crippen LogP contribution in [-0.2, 0) is 32.6 Å². The maximum absolute atomic E-state index is 14.6. The molecule has 0 bridgehead atoms. The number of hydrogen-bond acceptors (Lipinski definition) is 7. The first-order valence-electron chi connectivity index (χ1n) is 15.7. The van der Waals surface area contributed by atoms with Crippen molar-refractivity contribution >= 4 is 49.1 Å². The van der Waals surface area contributed by atoms with Crippen LogP contribution in [0.15, 0.2) is 106 Å². The van der Waals surface area contributed by atoms with Crippen LogP contribution in [0.2, 0.25) is 0 Å². The van der Waals surface area contributed by atoms with E-state index >= 15 is 0 Å². The van der Waals surface area contributed by atoms with E-state index < -0.39 is 33.4 Å². The van der Waals surface area contributed by atoms with Crippen molar-refractivity contribution in [3.63, 3.8) is 0 Å². The number of sulfonamides is 1. The van der Waals surface area contributed by atoms with Gasteiger partial charge in [0.25, 0.3) is 15.7 Å². The fourth-order valence-electron chi connectivity index (χ4n) is 5.24. The fraction of sp³-hybridized carbons (Fsp3) is 0.278. The average Bonchev–Trinajstić information content (AvgIpc) is 3.09. The van der Waals surface area contributed by atoms with Gasteiger partial charge in [0.15, 0.2) is 0 Å². The van der Waals surface area contributed by atoms with Gasteiger partial charge in [-0.2, -0.15) is 0 Å². The number of halogens is 1. The molecule has 4 rings (SSSR count). The number of nitro benzene ring substituents is 1. The molecule has 13 heteroatoms. The maximum atomic E-state index is 14.6. The molecule has 0 aromatic heterocycles. The number of anilines is 1. The summed E-state index contributed by atoms with van der Waals surface area (Å²) in [6, 6.07) is 25.3. The van der Waals surface area contributed by atoms with Crippen LogP contribution in [0, 0.1) is 17.0 Å². The third-order valence-corrected chi connectivity index (χ3v) is 10.2. The Bertz CT molecular complexity index is 1870. The van der Waals surface area contributed by atoms with E-state index in [4.69, 9.17) is 4.74 Å². The maximum Gasteiger partial charge on any atom is 0.273 e. The number of unbranched alkanes of at least 4 members (excludes halogenated alkanes) is 1. The summed E-state index contributed by atoms with van der Waals surface area (Å²) in [7, 11) is -3.08. The van der Waals surface area contributed by atoms with Crippen molar-refractivity contribution in [1.29, 1.82) is 0 Å². The Kier molecular flexibility index (Phi) is 12.9. The summed E-state index contributed by atoms with van der Waals surface area (Å²) in [5.74, 6) is -0.553. The molecule has 0 spiro atoms. The van der Waals surface area contributed by atoms with Crippen LogP contribution in [0.3, 0.4) is 0 Å². The molecule has 0 aliphatic rings. The summed E-state index contributed by atoms with van der Waals surface area (Å²) in [6.07, 6.45) is 1.78. The molecule has 1 atom stereocenters. The SMILES string of the molecule is CCCCNC(=O)[C@H](Cc1ccccc1)N(Cc1cccc(Br)c1)C(=O)CN(c1ccc(OC)cc1)S(=O)(=O)c1ccc(C)c([N+](=O)[O-])c1. The molecule has 0 heterocycles. The highest BCUT2D eigenvalue weighted by molar-refractivity contribution is 9.10. The first-order chi connectivity index (χ1) is 23.4. The minimum absolute atomic E-state index is 0.00345. The van der Waals surface area contributed by atoms with Gasteiger partial charge in [-0.15, -0.1) is 0 Å². The van der Waals surface area contributed by atoms with Gasteiger partial charge in [0.2, 0.25) is 11.8 Å². The third-order valence-electron chi connectivity index (χ3n) is 7.95. The molecule has 0 aliphatic carbocycles. The number of rotatable bonds is 16. The second-order valence-electron chi connectivity index (χ2n) is 11.4. The van der Waals surface area contributed by atoms with Crippen molar-refractivity contribution in [2.24, 2.45) is 0 Å². The summed E-state index contributed by atoms with van der Waals surface area (Å²) in [5.41, 5.74) is 1.58. The monoisotopic (exact) mass is 750 g/mol. The molecule has 0 fully saturated rings. The molecule has 4 aromatic rings. The van der Waals surface area contributed by atoms with Gasteiger partial charge < -0.3 is 15.0 Å². The van der Waals surface area contributed by atoms with E-state index in [-0.39, 0.29) is 40.7 Å². The highest BCUT2D eigenvalue weighted by Gasteiger charge is 2.35. The number of nitrogens with one attached hydrogen (secondary N) is 1. The minimum atomic E-state index is -4.54. The van der Waals surface area contributed by atoms with E-state index in [9.17, 15) is 28.1 Å². The number of benzene rings is 4. The molecule has 0 saturated heterocycles. The van der Waals surface area contributed by atoms with Crippen molar-refractivity contribution in [2.75, 3.05) is 24.5 Å². The zero-order valence-electron chi connectivity index (χ0n) is 27.5. The van der Waals surface area contributed by atoms with Crippen LogP contribution in [0.4, 0.5) is 11.4 Å². The van der Waals surface area contributed by atoms with E-state index in [1.807, 2.05) is 61.5 Å². The summed E-state index contributed by atoms with van der Waals surface area (Å²) in [4.78, 5) is 40.6. The molecule has 4 aromatic carbocycles. The molecule has 11 nitrogen and oxygen atoms in total. The van der Waals surface area contributed by atoms with Crippen LogP contribution in [-0.4, -0.2) is 56.3 Å². The number of hydrogen-bond donors (Lipinski definition) is 1. The number of nitro groups is 1.